The molecule has 0 atom stereocenters. The second kappa shape index (κ2) is 7.59. The first-order valence-electron chi connectivity index (χ1n) is 7.64. The first-order chi connectivity index (χ1) is 12.7. The Morgan fingerprint density at radius 1 is 1.26 bits per heavy atom. The number of anilines is 1. The van der Waals surface area contributed by atoms with E-state index in [1.54, 1.807) is 12.3 Å². The van der Waals surface area contributed by atoms with Crippen molar-refractivity contribution in [2.24, 2.45) is 5.14 Å². The third-order valence-corrected chi connectivity index (χ3v) is 4.95. The van der Waals surface area contributed by atoms with Gasteiger partial charge < -0.3 is 5.32 Å². The molecule has 0 saturated carbocycles. The Morgan fingerprint density at radius 3 is 2.67 bits per heavy atom. The fourth-order valence-electron chi connectivity index (χ4n) is 2.48. The van der Waals surface area contributed by atoms with E-state index in [-0.39, 0.29) is 22.7 Å². The van der Waals surface area contributed by atoms with Gasteiger partial charge in [0, 0.05) is 11.9 Å². The maximum absolute atomic E-state index is 13.2. The zero-order valence-corrected chi connectivity index (χ0v) is 16.2. The summed E-state index contributed by atoms with van der Waals surface area (Å²) in [5.41, 5.74) is 0.985. The van der Waals surface area contributed by atoms with E-state index in [4.69, 9.17) is 5.14 Å². The summed E-state index contributed by atoms with van der Waals surface area (Å²) in [7, 11) is -4.07. The lowest BCUT2D eigenvalue weighted by Crippen LogP contribution is -2.18. The van der Waals surface area contributed by atoms with E-state index in [1.165, 1.54) is 47.3 Å². The number of halogens is 2. The number of sulfonamides is 1. The number of primary sulfonamides is 1. The van der Waals surface area contributed by atoms with E-state index >= 15 is 0 Å². The lowest BCUT2D eigenvalue weighted by molar-refractivity contribution is -0.115. The number of rotatable bonds is 5. The lowest BCUT2D eigenvalue weighted by atomic mass is 10.1. The summed E-state index contributed by atoms with van der Waals surface area (Å²) in [6.45, 7) is 0. The fourth-order valence-corrected chi connectivity index (χ4v) is 3.51. The third kappa shape index (κ3) is 4.79. The predicted octanol–water partition coefficient (Wildman–Crippen LogP) is 2.60. The van der Waals surface area contributed by atoms with Gasteiger partial charge in [-0.15, -0.1) is 0 Å². The van der Waals surface area contributed by atoms with E-state index in [9.17, 15) is 17.6 Å². The van der Waals surface area contributed by atoms with Crippen molar-refractivity contribution in [3.8, 4) is 5.69 Å². The van der Waals surface area contributed by atoms with Gasteiger partial charge in [0.2, 0.25) is 15.9 Å². The van der Waals surface area contributed by atoms with Gasteiger partial charge in [0.05, 0.1) is 22.8 Å². The topological polar surface area (TPSA) is 107 Å². The van der Waals surface area contributed by atoms with Crippen molar-refractivity contribution in [3.63, 3.8) is 0 Å². The second-order valence-corrected chi connectivity index (χ2v) is 8.13. The monoisotopic (exact) mass is 452 g/mol. The molecular formula is C17H14BrFN4O3S. The highest BCUT2D eigenvalue weighted by Crippen LogP contribution is 2.24. The number of benzene rings is 2. The molecule has 2 aromatic carbocycles. The molecule has 0 aliphatic carbocycles. The molecule has 3 rings (SSSR count). The highest BCUT2D eigenvalue weighted by atomic mass is 79.9. The van der Waals surface area contributed by atoms with Crippen LogP contribution in [0.4, 0.5) is 10.1 Å². The van der Waals surface area contributed by atoms with Gasteiger partial charge in [0.15, 0.2) is 0 Å². The van der Waals surface area contributed by atoms with E-state index in [2.05, 4.69) is 26.3 Å². The van der Waals surface area contributed by atoms with Crippen molar-refractivity contribution >= 4 is 37.5 Å². The average Bonchev–Trinajstić information content (AvgIpc) is 3.00. The van der Waals surface area contributed by atoms with Crippen LogP contribution in [0.15, 0.2) is 64.2 Å². The molecule has 140 valence electrons. The summed E-state index contributed by atoms with van der Waals surface area (Å²) in [6.07, 6.45) is 3.02. The molecule has 7 nitrogen and oxygen atoms in total. The number of carbonyl (C=O) groups is 1. The molecule has 1 amide bonds. The van der Waals surface area contributed by atoms with Crippen molar-refractivity contribution in [3.05, 3.63) is 70.7 Å². The van der Waals surface area contributed by atoms with Crippen LogP contribution in [0.5, 0.6) is 0 Å². The highest BCUT2D eigenvalue weighted by Gasteiger charge is 2.18. The normalized spacial score (nSPS) is 11.4. The summed E-state index contributed by atoms with van der Waals surface area (Å²) in [4.78, 5) is 12.0. The molecule has 0 fully saturated rings. The zero-order chi connectivity index (χ0) is 19.6. The average molecular weight is 453 g/mol. The molecule has 27 heavy (non-hydrogen) atoms. The number of carbonyl (C=O) groups excluding carboxylic acids is 1. The summed E-state index contributed by atoms with van der Waals surface area (Å²) in [6, 6.07) is 9.94. The van der Waals surface area contributed by atoms with Crippen molar-refractivity contribution in [2.75, 3.05) is 5.32 Å². The Labute approximate surface area is 163 Å². The molecular weight excluding hydrogens is 439 g/mol. The Kier molecular flexibility index (Phi) is 5.40. The van der Waals surface area contributed by atoms with Gasteiger partial charge in [-0.3, -0.25) is 4.79 Å². The van der Waals surface area contributed by atoms with Gasteiger partial charge in [-0.1, -0.05) is 12.1 Å². The van der Waals surface area contributed by atoms with Crippen LogP contribution >= 0.6 is 15.9 Å². The van der Waals surface area contributed by atoms with Crippen molar-refractivity contribution in [2.45, 2.75) is 11.3 Å². The van der Waals surface area contributed by atoms with E-state index in [0.29, 0.717) is 10.0 Å². The lowest BCUT2D eigenvalue weighted by Gasteiger charge is -2.11. The van der Waals surface area contributed by atoms with Gasteiger partial charge in [-0.2, -0.15) is 5.10 Å². The van der Waals surface area contributed by atoms with Crippen LogP contribution < -0.4 is 10.5 Å². The molecule has 0 saturated heterocycles. The van der Waals surface area contributed by atoms with E-state index in [0.717, 1.165) is 0 Å². The Bertz CT molecular complexity index is 1110. The van der Waals surface area contributed by atoms with Crippen LogP contribution in [0.1, 0.15) is 5.56 Å². The molecule has 0 unspecified atom stereocenters. The molecule has 0 aliphatic rings. The largest absolute Gasteiger partial charge is 0.326 e. The summed E-state index contributed by atoms with van der Waals surface area (Å²) in [5.74, 6) is -0.859. The maximum atomic E-state index is 13.2. The molecule has 0 spiro atoms. The van der Waals surface area contributed by atoms with E-state index < -0.39 is 21.7 Å². The van der Waals surface area contributed by atoms with E-state index in [1.807, 2.05) is 0 Å². The molecule has 1 heterocycles. The second-order valence-electron chi connectivity index (χ2n) is 5.69. The Hall–Kier alpha value is -2.56. The van der Waals surface area contributed by atoms with Crippen LogP contribution in [0.3, 0.4) is 0 Å². The quantitative estimate of drug-likeness (QED) is 0.619. The summed E-state index contributed by atoms with van der Waals surface area (Å²) >= 11 is 3.24. The number of amides is 1. The van der Waals surface area contributed by atoms with Gasteiger partial charge >= 0.3 is 0 Å². The summed E-state index contributed by atoms with van der Waals surface area (Å²) < 4.78 is 39.2. The number of nitrogens with two attached hydrogens (primary N) is 1. The first kappa shape index (κ1) is 19.2. The third-order valence-electron chi connectivity index (χ3n) is 3.60. The number of aromatic nitrogens is 2. The van der Waals surface area contributed by atoms with Crippen LogP contribution in [-0.4, -0.2) is 24.1 Å². The smallest absolute Gasteiger partial charge is 0.240 e. The Morgan fingerprint density at radius 2 is 2.04 bits per heavy atom. The zero-order valence-electron chi connectivity index (χ0n) is 13.8. The van der Waals surface area contributed by atoms with Crippen molar-refractivity contribution in [1.82, 2.24) is 9.78 Å². The number of nitrogens with zero attached hydrogens (tertiary/aromatic N) is 2. The molecule has 3 N–H and O–H groups in total. The Balaban J connectivity index is 1.87. The number of hydrogen-bond acceptors (Lipinski definition) is 4. The van der Waals surface area contributed by atoms with Crippen LogP contribution in [0.25, 0.3) is 5.69 Å². The van der Waals surface area contributed by atoms with Crippen LogP contribution in [0.2, 0.25) is 0 Å². The fraction of sp³-hybridized carbons (Fsp3) is 0.0588. The minimum absolute atomic E-state index is 0.0592. The first-order valence-corrected chi connectivity index (χ1v) is 9.98. The van der Waals surface area contributed by atoms with Crippen LogP contribution in [-0.2, 0) is 21.2 Å². The number of nitrogens with one attached hydrogen (secondary N) is 1. The standard InChI is InChI=1S/C17H14BrFN4O3S/c18-12-9-21-23(10-12)15-5-4-14(8-16(15)27(20,25)26)22-17(24)7-11-2-1-3-13(19)6-11/h1-6,8-10H,7H2,(H,22,24)(H2,20,25,26). The van der Waals surface area contributed by atoms with Gasteiger partial charge in [-0.25, -0.2) is 22.6 Å². The number of hydrogen-bond donors (Lipinski definition) is 2. The maximum Gasteiger partial charge on any atom is 0.240 e. The van der Waals surface area contributed by atoms with Gasteiger partial charge in [-0.05, 0) is 51.8 Å². The predicted molar refractivity (Wildman–Crippen MR) is 101 cm³/mol. The van der Waals surface area contributed by atoms with Crippen molar-refractivity contribution < 1.29 is 17.6 Å². The molecule has 1 aromatic heterocycles. The van der Waals surface area contributed by atoms with Gasteiger partial charge in [0.25, 0.3) is 0 Å². The van der Waals surface area contributed by atoms with Gasteiger partial charge in [0.1, 0.15) is 10.7 Å². The summed E-state index contributed by atoms with van der Waals surface area (Å²) in [5, 5.41) is 11.9. The minimum Gasteiger partial charge on any atom is -0.326 e. The molecule has 0 aliphatic heterocycles. The van der Waals surface area contributed by atoms with Crippen LogP contribution in [0, 0.1) is 5.82 Å². The molecule has 0 radical (unpaired) electrons. The highest BCUT2D eigenvalue weighted by molar-refractivity contribution is 9.10. The molecule has 3 aromatic rings. The minimum atomic E-state index is -4.07. The molecule has 10 heteroatoms. The van der Waals surface area contributed by atoms with Crippen molar-refractivity contribution in [1.29, 1.82) is 0 Å². The molecule has 0 bridgehead atoms. The SMILES string of the molecule is NS(=O)(=O)c1cc(NC(=O)Cc2cccc(F)c2)ccc1-n1cc(Br)cn1.